The molecule has 0 aliphatic heterocycles. The van der Waals surface area contributed by atoms with E-state index in [2.05, 4.69) is 51.8 Å². The first-order valence-electron chi connectivity index (χ1n) is 9.50. The highest BCUT2D eigenvalue weighted by atomic mass is 16.5. The number of hydrogen-bond donors (Lipinski definition) is 2. The highest BCUT2D eigenvalue weighted by molar-refractivity contribution is 5.79. The zero-order valence-corrected chi connectivity index (χ0v) is 16.7. The largest absolute Gasteiger partial charge is 0.385 e. The van der Waals surface area contributed by atoms with Crippen LogP contribution in [0.15, 0.2) is 35.3 Å². The van der Waals surface area contributed by atoms with Crippen LogP contribution in [0.2, 0.25) is 0 Å². The van der Waals surface area contributed by atoms with Crippen LogP contribution in [0, 0.1) is 0 Å². The summed E-state index contributed by atoms with van der Waals surface area (Å²) < 4.78 is 10.8. The number of nitrogens with one attached hydrogen (secondary N) is 2. The van der Waals surface area contributed by atoms with Crippen LogP contribution in [-0.4, -0.2) is 78.1 Å². The van der Waals surface area contributed by atoms with Crippen LogP contribution in [0.1, 0.15) is 18.4 Å². The Kier molecular flexibility index (Phi) is 13.5. The Hall–Kier alpha value is -1.63. The average molecular weight is 365 g/mol. The van der Waals surface area contributed by atoms with Crippen LogP contribution in [-0.2, 0) is 15.9 Å². The van der Waals surface area contributed by atoms with Gasteiger partial charge in [-0.1, -0.05) is 30.3 Å². The molecule has 0 fully saturated rings. The fourth-order valence-corrected chi connectivity index (χ4v) is 2.49. The summed E-state index contributed by atoms with van der Waals surface area (Å²) >= 11 is 0. The Morgan fingerprint density at radius 3 is 2.50 bits per heavy atom. The summed E-state index contributed by atoms with van der Waals surface area (Å²) in [6, 6.07) is 10.4. The Morgan fingerprint density at radius 2 is 1.77 bits per heavy atom. The number of ether oxygens (including phenoxy) is 2. The lowest BCUT2D eigenvalue weighted by atomic mass is 10.2. The van der Waals surface area contributed by atoms with E-state index in [1.807, 2.05) is 6.07 Å². The first kappa shape index (κ1) is 22.4. The first-order chi connectivity index (χ1) is 12.8. The number of benzene rings is 1. The lowest BCUT2D eigenvalue weighted by Crippen LogP contribution is -2.41. The molecular formula is C20H36N4O2. The number of methoxy groups -OCH3 is 1. The molecule has 0 atom stereocenters. The molecule has 6 nitrogen and oxygen atoms in total. The van der Waals surface area contributed by atoms with Gasteiger partial charge >= 0.3 is 0 Å². The van der Waals surface area contributed by atoms with E-state index in [4.69, 9.17) is 9.47 Å². The second-order valence-electron chi connectivity index (χ2n) is 6.28. The fraction of sp³-hybridized carbons (Fsp3) is 0.650. The summed E-state index contributed by atoms with van der Waals surface area (Å²) in [5.41, 5.74) is 1.32. The molecule has 0 amide bonds. The van der Waals surface area contributed by atoms with E-state index in [0.717, 1.165) is 71.2 Å². The van der Waals surface area contributed by atoms with Crippen LogP contribution < -0.4 is 10.6 Å². The minimum absolute atomic E-state index is 0.763. The van der Waals surface area contributed by atoms with Gasteiger partial charge in [-0.05, 0) is 31.9 Å². The van der Waals surface area contributed by atoms with Gasteiger partial charge in [0.05, 0.1) is 6.61 Å². The summed E-state index contributed by atoms with van der Waals surface area (Å²) in [4.78, 5) is 6.54. The van der Waals surface area contributed by atoms with Crippen LogP contribution >= 0.6 is 0 Å². The molecule has 0 aliphatic carbocycles. The second-order valence-corrected chi connectivity index (χ2v) is 6.28. The zero-order chi connectivity index (χ0) is 18.9. The van der Waals surface area contributed by atoms with Crippen molar-refractivity contribution >= 4 is 5.96 Å². The quantitative estimate of drug-likeness (QED) is 0.299. The topological polar surface area (TPSA) is 58.1 Å². The summed E-state index contributed by atoms with van der Waals surface area (Å²) in [6.07, 6.45) is 2.99. The molecule has 6 heteroatoms. The molecule has 1 aromatic carbocycles. The highest BCUT2D eigenvalue weighted by Crippen LogP contribution is 1.99. The summed E-state index contributed by atoms with van der Waals surface area (Å²) in [5, 5.41) is 6.66. The number of nitrogens with zero attached hydrogens (tertiary/aromatic N) is 2. The van der Waals surface area contributed by atoms with Crippen molar-refractivity contribution in [2.75, 3.05) is 67.2 Å². The number of aliphatic imine (C=N–C) groups is 1. The van der Waals surface area contributed by atoms with E-state index >= 15 is 0 Å². The fourth-order valence-electron chi connectivity index (χ4n) is 2.49. The van der Waals surface area contributed by atoms with Crippen molar-refractivity contribution in [3.8, 4) is 0 Å². The molecule has 0 aromatic heterocycles. The number of likely N-dealkylation sites (N-methyl/N-ethyl adjacent to an activating group) is 1. The van der Waals surface area contributed by atoms with Crippen molar-refractivity contribution in [3.63, 3.8) is 0 Å². The standard InChI is InChI=1S/C20H36N4O2/c1-21-20(23-13-15-24(2)14-8-16-25-3)22-12-7-17-26-18-11-19-9-5-4-6-10-19/h4-6,9-10H,7-8,11-18H2,1-3H3,(H2,21,22,23). The zero-order valence-electron chi connectivity index (χ0n) is 16.7. The molecule has 0 saturated heterocycles. The van der Waals surface area contributed by atoms with Gasteiger partial charge in [-0.2, -0.15) is 0 Å². The lowest BCUT2D eigenvalue weighted by Gasteiger charge is -2.18. The minimum atomic E-state index is 0.763. The molecule has 148 valence electrons. The highest BCUT2D eigenvalue weighted by Gasteiger charge is 2.00. The number of guanidine groups is 1. The Balaban J connectivity index is 1.97. The number of rotatable bonds is 14. The molecule has 2 N–H and O–H groups in total. The molecule has 0 spiro atoms. The van der Waals surface area contributed by atoms with Gasteiger partial charge in [0, 0.05) is 53.6 Å². The molecule has 0 aliphatic rings. The molecule has 0 unspecified atom stereocenters. The van der Waals surface area contributed by atoms with E-state index in [0.29, 0.717) is 0 Å². The van der Waals surface area contributed by atoms with E-state index in [9.17, 15) is 0 Å². The van der Waals surface area contributed by atoms with Gasteiger partial charge in [0.25, 0.3) is 0 Å². The summed E-state index contributed by atoms with van der Waals surface area (Å²) in [5.74, 6) is 0.847. The summed E-state index contributed by atoms with van der Waals surface area (Å²) in [6.45, 7) is 6.10. The van der Waals surface area contributed by atoms with Crippen molar-refractivity contribution in [2.45, 2.75) is 19.3 Å². The lowest BCUT2D eigenvalue weighted by molar-refractivity contribution is 0.135. The van der Waals surface area contributed by atoms with Crippen molar-refractivity contribution in [1.82, 2.24) is 15.5 Å². The van der Waals surface area contributed by atoms with Crippen molar-refractivity contribution in [3.05, 3.63) is 35.9 Å². The molecule has 1 aromatic rings. The molecular weight excluding hydrogens is 328 g/mol. The summed E-state index contributed by atoms with van der Waals surface area (Å²) in [7, 11) is 5.67. The average Bonchev–Trinajstić information content (AvgIpc) is 2.66. The van der Waals surface area contributed by atoms with Crippen molar-refractivity contribution in [1.29, 1.82) is 0 Å². The first-order valence-corrected chi connectivity index (χ1v) is 9.50. The van der Waals surface area contributed by atoms with Crippen molar-refractivity contribution in [2.24, 2.45) is 4.99 Å². The molecule has 26 heavy (non-hydrogen) atoms. The maximum Gasteiger partial charge on any atom is 0.191 e. The van der Waals surface area contributed by atoms with Crippen LogP contribution in [0.4, 0.5) is 0 Å². The van der Waals surface area contributed by atoms with Gasteiger partial charge in [0.15, 0.2) is 5.96 Å². The van der Waals surface area contributed by atoms with Crippen LogP contribution in [0.3, 0.4) is 0 Å². The third-order valence-electron chi connectivity index (χ3n) is 4.03. The predicted molar refractivity (Wildman–Crippen MR) is 109 cm³/mol. The maximum atomic E-state index is 5.70. The maximum absolute atomic E-state index is 5.70. The van der Waals surface area contributed by atoms with Gasteiger partial charge in [-0.25, -0.2) is 0 Å². The SMILES string of the molecule is CN=C(NCCCOCCc1ccccc1)NCCN(C)CCCOC. The Bertz CT molecular complexity index is 468. The van der Waals surface area contributed by atoms with Crippen LogP contribution in [0.5, 0.6) is 0 Å². The van der Waals surface area contributed by atoms with Crippen molar-refractivity contribution < 1.29 is 9.47 Å². The Labute approximate surface area is 159 Å². The smallest absolute Gasteiger partial charge is 0.191 e. The Morgan fingerprint density at radius 1 is 1.00 bits per heavy atom. The van der Waals surface area contributed by atoms with Gasteiger partial charge in [-0.15, -0.1) is 0 Å². The predicted octanol–water partition coefficient (Wildman–Crippen LogP) is 1.77. The van der Waals surface area contributed by atoms with E-state index < -0.39 is 0 Å². The van der Waals surface area contributed by atoms with Gasteiger partial charge in [-0.3, -0.25) is 4.99 Å². The van der Waals surface area contributed by atoms with Crippen LogP contribution in [0.25, 0.3) is 0 Å². The van der Waals surface area contributed by atoms with E-state index in [-0.39, 0.29) is 0 Å². The van der Waals surface area contributed by atoms with E-state index in [1.54, 1.807) is 14.2 Å². The second kappa shape index (κ2) is 15.6. The molecule has 0 heterocycles. The molecule has 0 bridgehead atoms. The van der Waals surface area contributed by atoms with Gasteiger partial charge in [0.1, 0.15) is 0 Å². The third-order valence-corrected chi connectivity index (χ3v) is 4.03. The monoisotopic (exact) mass is 364 g/mol. The number of hydrogen-bond acceptors (Lipinski definition) is 4. The minimum Gasteiger partial charge on any atom is -0.385 e. The van der Waals surface area contributed by atoms with Gasteiger partial charge in [0.2, 0.25) is 0 Å². The third kappa shape index (κ3) is 11.8. The normalized spacial score (nSPS) is 11.8. The van der Waals surface area contributed by atoms with E-state index in [1.165, 1.54) is 5.56 Å². The van der Waals surface area contributed by atoms with Gasteiger partial charge < -0.3 is 25.0 Å². The molecule has 1 rings (SSSR count). The molecule has 0 saturated carbocycles. The molecule has 0 radical (unpaired) electrons.